The Morgan fingerprint density at radius 1 is 1.30 bits per heavy atom. The molecule has 0 spiro atoms. The summed E-state index contributed by atoms with van der Waals surface area (Å²) in [4.78, 5) is 3.71. The van der Waals surface area contributed by atoms with E-state index in [4.69, 9.17) is 20.9 Å². The highest BCUT2D eigenvalue weighted by Gasteiger charge is 2.12. The van der Waals surface area contributed by atoms with Crippen molar-refractivity contribution in [2.75, 3.05) is 19.7 Å². The van der Waals surface area contributed by atoms with Gasteiger partial charge in [-0.15, -0.1) is 0 Å². The molecule has 0 unspecified atom stereocenters. The van der Waals surface area contributed by atoms with Crippen LogP contribution in [0.15, 0.2) is 23.3 Å². The summed E-state index contributed by atoms with van der Waals surface area (Å²) >= 11 is 0. The number of hydrogen-bond donors (Lipinski definition) is 2. The fourth-order valence-electron chi connectivity index (χ4n) is 1.89. The van der Waals surface area contributed by atoms with Crippen LogP contribution in [0.3, 0.4) is 0 Å². The van der Waals surface area contributed by atoms with Gasteiger partial charge >= 0.3 is 0 Å². The fourth-order valence-corrected chi connectivity index (χ4v) is 2.14. The number of sulfone groups is 1. The topological polar surface area (TPSA) is 117 Å². The van der Waals surface area contributed by atoms with E-state index in [-0.39, 0.29) is 12.5 Å². The molecule has 7 nitrogen and oxygen atoms in total. The Morgan fingerprint density at radius 3 is 2.52 bits per heavy atom. The van der Waals surface area contributed by atoms with Crippen molar-refractivity contribution in [1.82, 2.24) is 0 Å². The average molecular weight is 341 g/mol. The highest BCUT2D eigenvalue weighted by molar-refractivity contribution is 8.05. The van der Waals surface area contributed by atoms with E-state index in [2.05, 4.69) is 4.99 Å². The molecule has 128 valence electrons. The lowest BCUT2D eigenvalue weighted by Crippen LogP contribution is -2.22. The quantitative estimate of drug-likeness (QED) is 0.348. The minimum absolute atomic E-state index is 0.0917. The van der Waals surface area contributed by atoms with E-state index in [1.165, 1.54) is 6.20 Å². The van der Waals surface area contributed by atoms with Crippen molar-refractivity contribution < 1.29 is 17.9 Å². The van der Waals surface area contributed by atoms with Crippen LogP contribution < -0.4 is 16.2 Å². The molecule has 0 atom stereocenters. The molecule has 8 heteroatoms. The molecule has 0 amide bonds. The number of benzene rings is 1. The van der Waals surface area contributed by atoms with E-state index < -0.39 is 15.0 Å². The van der Waals surface area contributed by atoms with Crippen LogP contribution >= 0.6 is 0 Å². The van der Waals surface area contributed by atoms with Crippen molar-refractivity contribution in [3.8, 4) is 5.75 Å². The standard InChI is InChI=1S/C15H23N3O4S/c1-5-21-9-22-13-7-10(2)6-11(3)14(13)12(16)8-18-15(17)23(4,19)20/h6-8H,5,9,16H2,1-4H3,(H2,17,18)/b12-8-. The second-order valence-corrected chi connectivity index (χ2v) is 7.00. The first kappa shape index (κ1) is 19.0. The summed E-state index contributed by atoms with van der Waals surface area (Å²) in [6, 6.07) is 3.76. The van der Waals surface area contributed by atoms with Crippen LogP contribution in [0.4, 0.5) is 0 Å². The summed E-state index contributed by atoms with van der Waals surface area (Å²) in [5, 5.41) is -0.498. The molecule has 1 aromatic rings. The van der Waals surface area contributed by atoms with E-state index in [1.807, 2.05) is 32.9 Å². The van der Waals surface area contributed by atoms with Crippen molar-refractivity contribution in [2.45, 2.75) is 20.8 Å². The van der Waals surface area contributed by atoms with Gasteiger partial charge in [0, 0.05) is 18.4 Å². The van der Waals surface area contributed by atoms with Gasteiger partial charge in [0.15, 0.2) is 6.79 Å². The van der Waals surface area contributed by atoms with Gasteiger partial charge in [0.1, 0.15) is 5.75 Å². The molecule has 0 aliphatic rings. The third kappa shape index (κ3) is 5.57. The number of aliphatic imine (C=N–C) groups is 1. The lowest BCUT2D eigenvalue weighted by Gasteiger charge is -2.15. The van der Waals surface area contributed by atoms with E-state index in [9.17, 15) is 8.42 Å². The third-order valence-electron chi connectivity index (χ3n) is 2.95. The zero-order valence-electron chi connectivity index (χ0n) is 13.8. The normalized spacial score (nSPS) is 13.2. The van der Waals surface area contributed by atoms with Gasteiger partial charge in [-0.2, -0.15) is 0 Å². The Balaban J connectivity index is 3.24. The molecule has 0 radical (unpaired) electrons. The summed E-state index contributed by atoms with van der Waals surface area (Å²) in [6.45, 7) is 6.29. The first-order valence-corrected chi connectivity index (χ1v) is 8.87. The van der Waals surface area contributed by atoms with Gasteiger partial charge < -0.3 is 20.9 Å². The van der Waals surface area contributed by atoms with Gasteiger partial charge in [-0.1, -0.05) is 6.07 Å². The number of amidine groups is 1. The lowest BCUT2D eigenvalue weighted by molar-refractivity contribution is 0.0222. The Kier molecular flexibility index (Phi) is 6.59. The number of hydrogen-bond acceptors (Lipinski definition) is 6. The zero-order chi connectivity index (χ0) is 17.6. The summed E-state index contributed by atoms with van der Waals surface area (Å²) < 4.78 is 33.3. The molecule has 1 rings (SSSR count). The van der Waals surface area contributed by atoms with Gasteiger partial charge in [0.2, 0.25) is 15.0 Å². The number of ether oxygens (including phenoxy) is 2. The van der Waals surface area contributed by atoms with Gasteiger partial charge in [0.05, 0.1) is 11.9 Å². The summed E-state index contributed by atoms with van der Waals surface area (Å²) in [6.07, 6.45) is 2.19. The predicted octanol–water partition coefficient (Wildman–Crippen LogP) is 1.29. The Bertz CT molecular complexity index is 724. The molecule has 0 bridgehead atoms. The fraction of sp³-hybridized carbons (Fsp3) is 0.400. The van der Waals surface area contributed by atoms with E-state index >= 15 is 0 Å². The lowest BCUT2D eigenvalue weighted by atomic mass is 10.0. The van der Waals surface area contributed by atoms with Gasteiger partial charge in [-0.05, 0) is 38.0 Å². The van der Waals surface area contributed by atoms with Crippen LogP contribution in [0.2, 0.25) is 0 Å². The van der Waals surface area contributed by atoms with Crippen LogP contribution in [-0.2, 0) is 14.6 Å². The van der Waals surface area contributed by atoms with Gasteiger partial charge in [0.25, 0.3) is 0 Å². The largest absolute Gasteiger partial charge is 0.467 e. The Morgan fingerprint density at radius 2 is 1.96 bits per heavy atom. The smallest absolute Gasteiger partial charge is 0.218 e. The third-order valence-corrected chi connectivity index (χ3v) is 3.81. The van der Waals surface area contributed by atoms with Crippen LogP contribution in [0.5, 0.6) is 5.75 Å². The predicted molar refractivity (Wildman–Crippen MR) is 91.7 cm³/mol. The summed E-state index contributed by atoms with van der Waals surface area (Å²) in [5.41, 5.74) is 14.2. The highest BCUT2D eigenvalue weighted by Crippen LogP contribution is 2.28. The maximum Gasteiger partial charge on any atom is 0.218 e. The summed E-state index contributed by atoms with van der Waals surface area (Å²) in [7, 11) is -3.55. The monoisotopic (exact) mass is 341 g/mol. The molecule has 0 saturated heterocycles. The molecule has 0 heterocycles. The average Bonchev–Trinajstić information content (AvgIpc) is 2.43. The van der Waals surface area contributed by atoms with Crippen molar-refractivity contribution in [2.24, 2.45) is 16.5 Å². The van der Waals surface area contributed by atoms with E-state index in [0.717, 1.165) is 17.4 Å². The van der Waals surface area contributed by atoms with E-state index in [1.54, 1.807) is 0 Å². The maximum absolute atomic E-state index is 11.3. The highest BCUT2D eigenvalue weighted by atomic mass is 32.2. The molecular formula is C15H23N3O4S. The second-order valence-electron chi connectivity index (χ2n) is 5.03. The molecule has 4 N–H and O–H groups in total. The summed E-state index contributed by atoms with van der Waals surface area (Å²) in [5.74, 6) is 0.540. The Labute approximate surface area is 136 Å². The minimum atomic E-state index is -3.55. The number of aryl methyl sites for hydroxylation is 2. The number of nitrogens with two attached hydrogens (primary N) is 2. The molecule has 1 aromatic carbocycles. The molecule has 0 fully saturated rings. The van der Waals surface area contributed by atoms with Gasteiger partial charge in [-0.3, -0.25) is 0 Å². The van der Waals surface area contributed by atoms with E-state index in [0.29, 0.717) is 17.9 Å². The van der Waals surface area contributed by atoms with Crippen LogP contribution in [0.25, 0.3) is 5.70 Å². The van der Waals surface area contributed by atoms with Crippen LogP contribution in [0, 0.1) is 13.8 Å². The maximum atomic E-state index is 11.3. The van der Waals surface area contributed by atoms with Crippen molar-refractivity contribution in [3.05, 3.63) is 35.0 Å². The molecule has 0 aliphatic heterocycles. The van der Waals surface area contributed by atoms with Crippen LogP contribution in [-0.4, -0.2) is 33.2 Å². The molecular weight excluding hydrogens is 318 g/mol. The van der Waals surface area contributed by atoms with Crippen LogP contribution in [0.1, 0.15) is 23.6 Å². The minimum Gasteiger partial charge on any atom is -0.467 e. The van der Waals surface area contributed by atoms with Crippen molar-refractivity contribution in [3.63, 3.8) is 0 Å². The molecule has 0 saturated carbocycles. The van der Waals surface area contributed by atoms with Gasteiger partial charge in [-0.25, -0.2) is 13.4 Å². The number of rotatable bonds is 6. The Hall–Kier alpha value is -2.06. The van der Waals surface area contributed by atoms with Crippen molar-refractivity contribution >= 4 is 20.7 Å². The molecule has 0 aromatic heterocycles. The zero-order valence-corrected chi connectivity index (χ0v) is 14.6. The number of nitrogens with zero attached hydrogens (tertiary/aromatic N) is 1. The molecule has 23 heavy (non-hydrogen) atoms. The molecule has 0 aliphatic carbocycles. The van der Waals surface area contributed by atoms with Crippen molar-refractivity contribution in [1.29, 1.82) is 0 Å². The first-order valence-electron chi connectivity index (χ1n) is 6.98. The second kappa shape index (κ2) is 7.98. The first-order chi connectivity index (χ1) is 10.7. The SMILES string of the molecule is CCOCOc1cc(C)cc(C)c1/C(N)=C/N=C(\N)S(C)(=O)=O.